The Labute approximate surface area is 116 Å². The lowest BCUT2D eigenvalue weighted by atomic mass is 10.0. The second-order valence-electron chi connectivity index (χ2n) is 5.63. The normalized spacial score (nSPS) is 18.2. The Morgan fingerprint density at radius 2 is 1.94 bits per heavy atom. The molecule has 1 aliphatic rings. The molecule has 1 nitrogen and oxygen atoms in total. The van der Waals surface area contributed by atoms with Gasteiger partial charge in [0.05, 0.1) is 0 Å². The molecule has 0 bridgehead atoms. The number of nitrogens with one attached hydrogen (secondary N) is 1. The van der Waals surface area contributed by atoms with E-state index in [1.165, 1.54) is 42.4 Å². The fourth-order valence-corrected chi connectivity index (χ4v) is 3.88. The molecule has 0 radical (unpaired) electrons. The lowest BCUT2D eigenvalue weighted by Gasteiger charge is -2.27. The van der Waals surface area contributed by atoms with Crippen LogP contribution in [0.1, 0.15) is 42.4 Å². The van der Waals surface area contributed by atoms with Crippen LogP contribution in [0.25, 0.3) is 0 Å². The molecular weight excluding hydrogens is 238 g/mol. The summed E-state index contributed by atoms with van der Waals surface area (Å²) in [6.07, 6.45) is 7.85. The Bertz CT molecular complexity index is 394. The van der Waals surface area contributed by atoms with Gasteiger partial charge in [0.1, 0.15) is 0 Å². The summed E-state index contributed by atoms with van der Waals surface area (Å²) in [5.41, 5.74) is 4.20. The third kappa shape index (κ3) is 3.30. The minimum Gasteiger partial charge on any atom is -0.311 e. The van der Waals surface area contributed by atoms with E-state index in [0.717, 1.165) is 13.1 Å². The molecule has 0 atom stereocenters. The molecule has 1 N–H and O–H groups in total. The summed E-state index contributed by atoms with van der Waals surface area (Å²) < 4.78 is 0.513. The molecule has 100 valence electrons. The van der Waals surface area contributed by atoms with Gasteiger partial charge < -0.3 is 5.32 Å². The smallest absolute Gasteiger partial charge is 0.0281 e. The van der Waals surface area contributed by atoms with Crippen LogP contribution < -0.4 is 5.32 Å². The molecule has 0 amide bonds. The van der Waals surface area contributed by atoms with Crippen LogP contribution in [-0.2, 0) is 6.54 Å². The molecule has 1 saturated carbocycles. The number of hydrogen-bond acceptors (Lipinski definition) is 2. The highest BCUT2D eigenvalue weighted by atomic mass is 32.2. The van der Waals surface area contributed by atoms with Crippen molar-refractivity contribution in [1.29, 1.82) is 0 Å². The zero-order valence-electron chi connectivity index (χ0n) is 11.9. The number of thioether (sulfide) groups is 1. The molecule has 0 spiro atoms. The Morgan fingerprint density at radius 3 is 2.56 bits per heavy atom. The quantitative estimate of drug-likeness (QED) is 0.859. The van der Waals surface area contributed by atoms with Crippen molar-refractivity contribution in [2.45, 2.75) is 50.8 Å². The zero-order chi connectivity index (χ0) is 13.0. The van der Waals surface area contributed by atoms with Crippen LogP contribution in [0.3, 0.4) is 0 Å². The van der Waals surface area contributed by atoms with Crippen molar-refractivity contribution in [3.05, 3.63) is 34.9 Å². The van der Waals surface area contributed by atoms with Gasteiger partial charge >= 0.3 is 0 Å². The summed E-state index contributed by atoms with van der Waals surface area (Å²) in [7, 11) is 0. The first-order chi connectivity index (χ1) is 8.65. The molecule has 2 rings (SSSR count). The summed E-state index contributed by atoms with van der Waals surface area (Å²) in [4.78, 5) is 0. The standard InChI is InChI=1S/C16H25NS/c1-13-6-7-15(14(2)10-13)11-17-12-16(18-3)8-4-5-9-16/h6-7,10,17H,4-5,8-9,11-12H2,1-3H3. The predicted octanol–water partition coefficient (Wildman–Crippen LogP) is 4.07. The number of hydrogen-bond donors (Lipinski definition) is 1. The average molecular weight is 263 g/mol. The molecule has 1 aromatic rings. The van der Waals surface area contributed by atoms with Gasteiger partial charge in [-0.15, -0.1) is 0 Å². The Kier molecular flexibility index (Phi) is 4.74. The number of aryl methyl sites for hydroxylation is 2. The lowest BCUT2D eigenvalue weighted by molar-refractivity contribution is 0.533. The van der Waals surface area contributed by atoms with Crippen LogP contribution in [0.5, 0.6) is 0 Å². The second-order valence-corrected chi connectivity index (χ2v) is 6.90. The summed E-state index contributed by atoms with van der Waals surface area (Å²) >= 11 is 2.06. The number of benzene rings is 1. The predicted molar refractivity (Wildman–Crippen MR) is 82.3 cm³/mol. The summed E-state index contributed by atoms with van der Waals surface area (Å²) in [6.45, 7) is 6.53. The highest BCUT2D eigenvalue weighted by molar-refractivity contribution is 8.00. The van der Waals surface area contributed by atoms with Gasteiger partial charge in [-0.3, -0.25) is 0 Å². The minimum absolute atomic E-state index is 0.513. The van der Waals surface area contributed by atoms with Crippen molar-refractivity contribution in [3.8, 4) is 0 Å². The molecule has 0 aromatic heterocycles. The molecule has 0 unspecified atom stereocenters. The van der Waals surface area contributed by atoms with Crippen LogP contribution in [0.15, 0.2) is 18.2 Å². The summed E-state index contributed by atoms with van der Waals surface area (Å²) in [5, 5.41) is 3.67. The molecule has 1 fully saturated rings. The fraction of sp³-hybridized carbons (Fsp3) is 0.625. The minimum atomic E-state index is 0.513. The monoisotopic (exact) mass is 263 g/mol. The molecular formula is C16H25NS. The lowest BCUT2D eigenvalue weighted by Crippen LogP contribution is -2.34. The maximum Gasteiger partial charge on any atom is 0.0281 e. The van der Waals surface area contributed by atoms with Gasteiger partial charge in [0.2, 0.25) is 0 Å². The first kappa shape index (κ1) is 14.0. The van der Waals surface area contributed by atoms with Crippen molar-refractivity contribution in [3.63, 3.8) is 0 Å². The second kappa shape index (κ2) is 6.12. The Hall–Kier alpha value is -0.470. The molecule has 18 heavy (non-hydrogen) atoms. The van der Waals surface area contributed by atoms with E-state index in [2.05, 4.69) is 55.4 Å². The van der Waals surface area contributed by atoms with Crippen LogP contribution in [0.4, 0.5) is 0 Å². The van der Waals surface area contributed by atoms with Gasteiger partial charge in [0.15, 0.2) is 0 Å². The van der Waals surface area contributed by atoms with E-state index in [9.17, 15) is 0 Å². The van der Waals surface area contributed by atoms with Crippen molar-refractivity contribution in [2.24, 2.45) is 0 Å². The average Bonchev–Trinajstić information content (AvgIpc) is 2.81. The maximum atomic E-state index is 3.67. The fourth-order valence-electron chi connectivity index (χ4n) is 2.94. The van der Waals surface area contributed by atoms with Crippen LogP contribution in [0.2, 0.25) is 0 Å². The van der Waals surface area contributed by atoms with Gasteiger partial charge in [-0.05, 0) is 44.1 Å². The Morgan fingerprint density at radius 1 is 1.22 bits per heavy atom. The van der Waals surface area contributed by atoms with E-state index in [4.69, 9.17) is 0 Å². The molecule has 1 aromatic carbocycles. The van der Waals surface area contributed by atoms with Gasteiger partial charge in [0, 0.05) is 17.8 Å². The first-order valence-corrected chi connectivity index (χ1v) is 8.20. The van der Waals surface area contributed by atoms with Gasteiger partial charge in [-0.1, -0.05) is 36.6 Å². The van der Waals surface area contributed by atoms with E-state index < -0.39 is 0 Å². The van der Waals surface area contributed by atoms with Crippen molar-refractivity contribution in [1.82, 2.24) is 5.32 Å². The van der Waals surface area contributed by atoms with Crippen molar-refractivity contribution >= 4 is 11.8 Å². The van der Waals surface area contributed by atoms with Gasteiger partial charge in [-0.25, -0.2) is 0 Å². The first-order valence-electron chi connectivity index (χ1n) is 6.97. The largest absolute Gasteiger partial charge is 0.311 e. The zero-order valence-corrected chi connectivity index (χ0v) is 12.7. The molecule has 0 saturated heterocycles. The summed E-state index contributed by atoms with van der Waals surface area (Å²) in [5.74, 6) is 0. The van der Waals surface area contributed by atoms with Crippen LogP contribution in [-0.4, -0.2) is 17.5 Å². The topological polar surface area (TPSA) is 12.0 Å². The van der Waals surface area contributed by atoms with E-state index in [0.29, 0.717) is 4.75 Å². The third-order valence-electron chi connectivity index (χ3n) is 4.21. The molecule has 0 heterocycles. The third-order valence-corrected chi connectivity index (χ3v) is 5.63. The maximum absolute atomic E-state index is 3.67. The van der Waals surface area contributed by atoms with Crippen molar-refractivity contribution in [2.75, 3.05) is 12.8 Å². The van der Waals surface area contributed by atoms with Gasteiger partial charge in [-0.2, -0.15) is 11.8 Å². The highest BCUT2D eigenvalue weighted by Crippen LogP contribution is 2.39. The van der Waals surface area contributed by atoms with Gasteiger partial charge in [0.25, 0.3) is 0 Å². The SMILES string of the molecule is CSC1(CNCc2ccc(C)cc2C)CCCC1. The van der Waals surface area contributed by atoms with E-state index in [-0.39, 0.29) is 0 Å². The summed E-state index contributed by atoms with van der Waals surface area (Å²) in [6, 6.07) is 6.75. The van der Waals surface area contributed by atoms with E-state index in [1.807, 2.05) is 0 Å². The van der Waals surface area contributed by atoms with Crippen molar-refractivity contribution < 1.29 is 0 Å². The Balaban J connectivity index is 1.88. The molecule has 2 heteroatoms. The van der Waals surface area contributed by atoms with Crippen LogP contribution >= 0.6 is 11.8 Å². The van der Waals surface area contributed by atoms with Crippen LogP contribution in [0, 0.1) is 13.8 Å². The highest BCUT2D eigenvalue weighted by Gasteiger charge is 2.32. The van der Waals surface area contributed by atoms with E-state index >= 15 is 0 Å². The molecule has 1 aliphatic carbocycles. The van der Waals surface area contributed by atoms with E-state index in [1.54, 1.807) is 0 Å². The number of rotatable bonds is 5. The molecule has 0 aliphatic heterocycles.